The Kier molecular flexibility index (Phi) is 5.00. The van der Waals surface area contributed by atoms with Crippen LogP contribution in [0.2, 0.25) is 0 Å². The van der Waals surface area contributed by atoms with E-state index in [0.29, 0.717) is 0 Å². The Balaban J connectivity index is 1.54. The van der Waals surface area contributed by atoms with Crippen molar-refractivity contribution in [2.75, 3.05) is 26.5 Å². The smallest absolute Gasteiger partial charge is 0.208 e. The topological polar surface area (TPSA) is 54.0 Å². The minimum absolute atomic E-state index is 0.729. The number of hydrogen-bond donors (Lipinski definition) is 1. The number of ether oxygens (including phenoxy) is 1. The van der Waals surface area contributed by atoms with Crippen molar-refractivity contribution in [3.8, 4) is 17.1 Å². The molecule has 2 heterocycles. The summed E-state index contributed by atoms with van der Waals surface area (Å²) in [4.78, 5) is 7.02. The molecular weight excluding hydrogens is 296 g/mol. The van der Waals surface area contributed by atoms with Crippen LogP contribution in [0.25, 0.3) is 11.4 Å². The summed E-state index contributed by atoms with van der Waals surface area (Å²) in [6.45, 7) is 1.23. The van der Waals surface area contributed by atoms with Gasteiger partial charge in [0.2, 0.25) is 5.16 Å². The van der Waals surface area contributed by atoms with Gasteiger partial charge in [0, 0.05) is 17.4 Å². The number of methoxy groups -OCH3 is 1. The molecule has 0 spiro atoms. The van der Waals surface area contributed by atoms with Crippen LogP contribution in [0.1, 0.15) is 19.3 Å². The van der Waals surface area contributed by atoms with E-state index < -0.39 is 0 Å². The molecule has 1 aromatic carbocycles. The normalized spacial score (nSPS) is 18.7. The summed E-state index contributed by atoms with van der Waals surface area (Å²) < 4.78 is 5.17. The number of thioether (sulfide) groups is 1. The summed E-state index contributed by atoms with van der Waals surface area (Å²) in [5.74, 6) is 2.72. The number of benzene rings is 1. The molecule has 118 valence electrons. The van der Waals surface area contributed by atoms with Gasteiger partial charge in [-0.15, -0.1) is 5.10 Å². The monoisotopic (exact) mass is 318 g/mol. The van der Waals surface area contributed by atoms with Crippen LogP contribution >= 0.6 is 11.8 Å². The minimum Gasteiger partial charge on any atom is -0.497 e. The Bertz CT molecular complexity index is 598. The molecule has 1 N–H and O–H groups in total. The molecule has 2 aromatic rings. The molecular formula is C16H22N4OS. The summed E-state index contributed by atoms with van der Waals surface area (Å²) in [6.07, 6.45) is 3.85. The molecule has 1 atom stereocenters. The molecule has 22 heavy (non-hydrogen) atoms. The van der Waals surface area contributed by atoms with Crippen molar-refractivity contribution in [1.82, 2.24) is 20.1 Å². The predicted molar refractivity (Wildman–Crippen MR) is 89.4 cm³/mol. The lowest BCUT2D eigenvalue weighted by atomic mass is 10.2. The van der Waals surface area contributed by atoms with Crippen molar-refractivity contribution in [3.63, 3.8) is 0 Å². The molecule has 1 aliphatic heterocycles. The Morgan fingerprint density at radius 1 is 1.36 bits per heavy atom. The molecule has 1 saturated heterocycles. The predicted octanol–water partition coefficient (Wildman–Crippen LogP) is 3.06. The van der Waals surface area contributed by atoms with E-state index in [2.05, 4.69) is 27.1 Å². The summed E-state index contributed by atoms with van der Waals surface area (Å²) in [6, 6.07) is 8.57. The average Bonchev–Trinajstić information content (AvgIpc) is 3.17. The van der Waals surface area contributed by atoms with E-state index in [1.54, 1.807) is 18.9 Å². The van der Waals surface area contributed by atoms with E-state index in [4.69, 9.17) is 4.74 Å². The maximum absolute atomic E-state index is 5.17. The number of nitrogens with one attached hydrogen (secondary N) is 1. The Hall–Kier alpha value is -1.53. The van der Waals surface area contributed by atoms with Crippen LogP contribution in [0.4, 0.5) is 0 Å². The van der Waals surface area contributed by atoms with E-state index in [1.807, 2.05) is 24.3 Å². The maximum Gasteiger partial charge on any atom is 0.208 e. The molecule has 0 bridgehead atoms. The van der Waals surface area contributed by atoms with Gasteiger partial charge in [0.1, 0.15) is 5.75 Å². The fourth-order valence-corrected chi connectivity index (χ4v) is 3.66. The SMILES string of the molecule is COc1ccc(-c2nc(SCC[C@H]3CCCN3C)n[nH]2)cc1. The molecule has 1 fully saturated rings. The first-order valence-corrected chi connectivity index (χ1v) is 8.64. The first-order valence-electron chi connectivity index (χ1n) is 7.66. The quantitative estimate of drug-likeness (QED) is 0.830. The highest BCUT2D eigenvalue weighted by atomic mass is 32.2. The van der Waals surface area contributed by atoms with Gasteiger partial charge < -0.3 is 9.64 Å². The second-order valence-electron chi connectivity index (χ2n) is 5.61. The number of likely N-dealkylation sites (tertiary alicyclic amines) is 1. The van der Waals surface area contributed by atoms with E-state index in [9.17, 15) is 0 Å². The third-order valence-corrected chi connectivity index (χ3v) is 5.06. The van der Waals surface area contributed by atoms with Crippen molar-refractivity contribution in [1.29, 1.82) is 0 Å². The van der Waals surface area contributed by atoms with Gasteiger partial charge in [0.05, 0.1) is 7.11 Å². The van der Waals surface area contributed by atoms with E-state index >= 15 is 0 Å². The fourth-order valence-electron chi connectivity index (χ4n) is 2.82. The highest BCUT2D eigenvalue weighted by molar-refractivity contribution is 7.99. The van der Waals surface area contributed by atoms with E-state index in [1.165, 1.54) is 25.8 Å². The average molecular weight is 318 g/mol. The zero-order valence-electron chi connectivity index (χ0n) is 13.1. The molecule has 0 amide bonds. The van der Waals surface area contributed by atoms with Crippen LogP contribution in [0.3, 0.4) is 0 Å². The van der Waals surface area contributed by atoms with Crippen LogP contribution in [0, 0.1) is 0 Å². The molecule has 0 saturated carbocycles. The largest absolute Gasteiger partial charge is 0.497 e. The molecule has 1 aromatic heterocycles. The number of H-pyrrole nitrogens is 1. The third kappa shape index (κ3) is 3.62. The van der Waals surface area contributed by atoms with Gasteiger partial charge in [-0.05, 0) is 57.1 Å². The summed E-state index contributed by atoms with van der Waals surface area (Å²) >= 11 is 1.73. The first-order chi connectivity index (χ1) is 10.8. The lowest BCUT2D eigenvalue weighted by molar-refractivity contribution is 0.305. The maximum atomic E-state index is 5.17. The lowest BCUT2D eigenvalue weighted by Gasteiger charge is -2.18. The van der Waals surface area contributed by atoms with E-state index in [-0.39, 0.29) is 0 Å². The van der Waals surface area contributed by atoms with Crippen molar-refractivity contribution >= 4 is 11.8 Å². The molecule has 3 rings (SSSR count). The van der Waals surface area contributed by atoms with Gasteiger partial charge in [-0.1, -0.05) is 11.8 Å². The summed E-state index contributed by atoms with van der Waals surface area (Å²) in [7, 11) is 3.89. The van der Waals surface area contributed by atoms with E-state index in [0.717, 1.165) is 34.1 Å². The van der Waals surface area contributed by atoms with Gasteiger partial charge in [0.25, 0.3) is 0 Å². The van der Waals surface area contributed by atoms with Gasteiger partial charge in [-0.3, -0.25) is 5.10 Å². The zero-order valence-corrected chi connectivity index (χ0v) is 13.9. The van der Waals surface area contributed by atoms with Crippen LogP contribution in [0.5, 0.6) is 5.75 Å². The lowest BCUT2D eigenvalue weighted by Crippen LogP contribution is -2.25. The van der Waals surface area contributed by atoms with Gasteiger partial charge in [-0.25, -0.2) is 4.98 Å². The number of aromatic amines is 1. The standard InChI is InChI=1S/C16H22N4OS/c1-20-10-3-4-13(20)9-11-22-16-17-15(18-19-16)12-5-7-14(21-2)8-6-12/h5-8,13H,3-4,9-11H2,1-2H3,(H,17,18,19)/t13-/m1/s1. The number of rotatable bonds is 6. The second-order valence-corrected chi connectivity index (χ2v) is 6.67. The molecule has 0 radical (unpaired) electrons. The van der Waals surface area contributed by atoms with Gasteiger partial charge >= 0.3 is 0 Å². The number of aromatic nitrogens is 3. The van der Waals surface area contributed by atoms with Crippen LogP contribution in [-0.2, 0) is 0 Å². The molecule has 0 aliphatic carbocycles. The van der Waals surface area contributed by atoms with Gasteiger partial charge in [-0.2, -0.15) is 0 Å². The van der Waals surface area contributed by atoms with Gasteiger partial charge in [0.15, 0.2) is 5.82 Å². The summed E-state index contributed by atoms with van der Waals surface area (Å²) in [5, 5.41) is 8.14. The number of nitrogens with zero attached hydrogens (tertiary/aromatic N) is 3. The van der Waals surface area contributed by atoms with Crippen molar-refractivity contribution in [2.45, 2.75) is 30.5 Å². The minimum atomic E-state index is 0.729. The van der Waals surface area contributed by atoms with Crippen molar-refractivity contribution in [3.05, 3.63) is 24.3 Å². The molecule has 1 aliphatic rings. The Morgan fingerprint density at radius 2 is 2.18 bits per heavy atom. The fraction of sp³-hybridized carbons (Fsp3) is 0.500. The zero-order chi connectivity index (χ0) is 15.4. The molecule has 0 unspecified atom stereocenters. The molecule has 6 heteroatoms. The van der Waals surface area contributed by atoms with Crippen LogP contribution in [-0.4, -0.2) is 52.6 Å². The summed E-state index contributed by atoms with van der Waals surface area (Å²) in [5.41, 5.74) is 1.02. The Morgan fingerprint density at radius 3 is 2.86 bits per heavy atom. The molecule has 5 nitrogen and oxygen atoms in total. The highest BCUT2D eigenvalue weighted by Crippen LogP contribution is 2.24. The third-order valence-electron chi connectivity index (χ3n) is 4.18. The highest BCUT2D eigenvalue weighted by Gasteiger charge is 2.20. The second kappa shape index (κ2) is 7.15. The van der Waals surface area contributed by atoms with Crippen LogP contribution < -0.4 is 4.74 Å². The Labute approximate surface area is 135 Å². The van der Waals surface area contributed by atoms with Crippen molar-refractivity contribution < 1.29 is 4.74 Å². The van der Waals surface area contributed by atoms with Crippen molar-refractivity contribution in [2.24, 2.45) is 0 Å². The first kappa shape index (κ1) is 15.4. The number of hydrogen-bond acceptors (Lipinski definition) is 5. The van der Waals surface area contributed by atoms with Crippen LogP contribution in [0.15, 0.2) is 29.4 Å².